The van der Waals surface area contributed by atoms with Crippen LogP contribution in [0.25, 0.3) is 0 Å². The van der Waals surface area contributed by atoms with Crippen LogP contribution >= 0.6 is 0 Å². The Bertz CT molecular complexity index is 718. The van der Waals surface area contributed by atoms with Crippen LogP contribution in [0.2, 0.25) is 0 Å². The second-order valence-corrected chi connectivity index (χ2v) is 10.1. The fraction of sp³-hybridized carbons (Fsp3) is 0.739. The zero-order valence-electron chi connectivity index (χ0n) is 18.7. The largest absolute Gasteiger partial charge is 0.487 e. The number of nitro groups is 1. The van der Waals surface area contributed by atoms with Gasteiger partial charge in [-0.2, -0.15) is 0 Å². The number of ether oxygens (including phenoxy) is 1. The maximum Gasteiger partial charge on any atom is 0.312 e. The Kier molecular flexibility index (Phi) is 13.4. The van der Waals surface area contributed by atoms with Crippen molar-refractivity contribution in [3.63, 3.8) is 0 Å². The second-order valence-electron chi connectivity index (χ2n) is 8.10. The predicted octanol–water partition coefficient (Wildman–Crippen LogP) is 6.86. The van der Waals surface area contributed by atoms with Crippen molar-refractivity contribution in [2.24, 2.45) is 0 Å². The van der Waals surface area contributed by atoms with E-state index in [0.29, 0.717) is 6.61 Å². The zero-order chi connectivity index (χ0) is 22.2. The summed E-state index contributed by atoms with van der Waals surface area (Å²) in [6.45, 7) is 2.65. The summed E-state index contributed by atoms with van der Waals surface area (Å²) >= 11 is 0. The van der Waals surface area contributed by atoms with E-state index in [4.69, 9.17) is 4.74 Å². The zero-order valence-corrected chi connectivity index (χ0v) is 19.6. The highest BCUT2D eigenvalue weighted by atomic mass is 32.2. The molecular weight excluding hydrogens is 402 g/mol. The number of nitrogens with zero attached hydrogens (tertiary/aromatic N) is 1. The number of hydrogen-bond acceptors (Lipinski definition) is 5. The summed E-state index contributed by atoms with van der Waals surface area (Å²) in [5.41, 5.74) is -0.303. The molecule has 0 unspecified atom stereocenters. The van der Waals surface area contributed by atoms with Gasteiger partial charge < -0.3 is 4.74 Å². The van der Waals surface area contributed by atoms with Gasteiger partial charge in [0.25, 0.3) is 0 Å². The van der Waals surface area contributed by atoms with Crippen molar-refractivity contribution in [1.82, 2.24) is 0 Å². The van der Waals surface area contributed by atoms with Crippen LogP contribution in [0.15, 0.2) is 23.1 Å². The Balaban J connectivity index is 2.10. The molecule has 0 radical (unpaired) electrons. The molecule has 7 heteroatoms. The monoisotopic (exact) mass is 441 g/mol. The molecule has 1 rings (SSSR count). The van der Waals surface area contributed by atoms with Gasteiger partial charge in [0.1, 0.15) is 0 Å². The molecule has 0 atom stereocenters. The van der Waals surface area contributed by atoms with Gasteiger partial charge in [-0.1, -0.05) is 90.4 Å². The molecule has 0 spiro atoms. The highest BCUT2D eigenvalue weighted by Gasteiger charge is 2.19. The van der Waals surface area contributed by atoms with Crippen LogP contribution in [0.4, 0.5) is 5.69 Å². The first-order valence-corrected chi connectivity index (χ1v) is 13.4. The molecule has 0 saturated heterocycles. The van der Waals surface area contributed by atoms with Gasteiger partial charge >= 0.3 is 5.69 Å². The molecule has 30 heavy (non-hydrogen) atoms. The molecule has 0 aliphatic heterocycles. The second kappa shape index (κ2) is 15.2. The smallest absolute Gasteiger partial charge is 0.312 e. The lowest BCUT2D eigenvalue weighted by Gasteiger charge is -2.08. The van der Waals surface area contributed by atoms with Gasteiger partial charge in [0.2, 0.25) is 0 Å². The van der Waals surface area contributed by atoms with Crippen molar-refractivity contribution in [1.29, 1.82) is 0 Å². The van der Waals surface area contributed by atoms with E-state index in [1.54, 1.807) is 0 Å². The van der Waals surface area contributed by atoms with Gasteiger partial charge in [-0.15, -0.1) is 0 Å². The number of hydrogen-bond donors (Lipinski definition) is 0. The number of rotatable bonds is 18. The van der Waals surface area contributed by atoms with Gasteiger partial charge in [-0.3, -0.25) is 10.1 Å². The first-order chi connectivity index (χ1) is 14.4. The van der Waals surface area contributed by atoms with Gasteiger partial charge in [0, 0.05) is 12.3 Å². The highest BCUT2D eigenvalue weighted by Crippen LogP contribution is 2.30. The van der Waals surface area contributed by atoms with E-state index in [1.807, 2.05) is 0 Å². The van der Waals surface area contributed by atoms with Gasteiger partial charge in [-0.25, -0.2) is 8.42 Å². The first-order valence-electron chi connectivity index (χ1n) is 11.5. The van der Waals surface area contributed by atoms with Crippen LogP contribution in [0.1, 0.15) is 96.8 Å². The molecule has 0 aliphatic rings. The van der Waals surface area contributed by atoms with E-state index in [-0.39, 0.29) is 16.3 Å². The maximum absolute atomic E-state index is 11.6. The Morgan fingerprint density at radius 1 is 0.833 bits per heavy atom. The van der Waals surface area contributed by atoms with E-state index < -0.39 is 14.8 Å². The molecule has 1 aromatic carbocycles. The van der Waals surface area contributed by atoms with E-state index in [9.17, 15) is 18.5 Å². The van der Waals surface area contributed by atoms with Crippen LogP contribution in [-0.4, -0.2) is 26.2 Å². The maximum atomic E-state index is 11.6. The molecule has 1 aromatic rings. The summed E-state index contributed by atoms with van der Waals surface area (Å²) in [5, 5.41) is 11.2. The molecule has 0 aromatic heterocycles. The Morgan fingerprint density at radius 2 is 1.30 bits per heavy atom. The molecule has 0 saturated carbocycles. The molecule has 0 aliphatic carbocycles. The number of nitro benzene ring substituents is 1. The molecule has 0 N–H and O–H groups in total. The fourth-order valence-electron chi connectivity index (χ4n) is 3.47. The number of unbranched alkanes of at least 4 members (excludes halogenated alkanes) is 13. The number of sulfone groups is 1. The molecular formula is C23H39NO5S. The average Bonchev–Trinajstić information content (AvgIpc) is 2.70. The lowest BCUT2D eigenvalue weighted by atomic mass is 10.0. The summed E-state index contributed by atoms with van der Waals surface area (Å²) in [4.78, 5) is 10.5. The van der Waals surface area contributed by atoms with Crippen molar-refractivity contribution in [3.8, 4) is 5.75 Å². The van der Waals surface area contributed by atoms with Gasteiger partial charge in [-0.05, 0) is 18.6 Å². The normalized spacial score (nSPS) is 11.5. The summed E-state index contributed by atoms with van der Waals surface area (Å²) in [7, 11) is -3.49. The van der Waals surface area contributed by atoms with Crippen molar-refractivity contribution < 1.29 is 18.1 Å². The van der Waals surface area contributed by atoms with Crippen LogP contribution in [0.3, 0.4) is 0 Å². The molecule has 172 valence electrons. The van der Waals surface area contributed by atoms with Gasteiger partial charge in [0.15, 0.2) is 15.6 Å². The first kappa shape index (κ1) is 26.4. The third-order valence-corrected chi connectivity index (χ3v) is 6.42. The van der Waals surface area contributed by atoms with Crippen molar-refractivity contribution in [2.45, 2.75) is 102 Å². The molecule has 6 nitrogen and oxygen atoms in total. The van der Waals surface area contributed by atoms with Crippen molar-refractivity contribution >= 4 is 15.5 Å². The predicted molar refractivity (Wildman–Crippen MR) is 122 cm³/mol. The SMILES string of the molecule is CCCCCCCCCCCCCCCCOc1ccc(S(C)(=O)=O)cc1[N+](=O)[O-]. The Morgan fingerprint density at radius 3 is 1.73 bits per heavy atom. The summed E-state index contributed by atoms with van der Waals surface area (Å²) in [6, 6.07) is 3.79. The van der Waals surface area contributed by atoms with Crippen LogP contribution in [-0.2, 0) is 9.84 Å². The molecule has 0 bridgehead atoms. The standard InChI is InChI=1S/C23H39NO5S/c1-3-4-5-6-7-8-9-10-11-12-13-14-15-16-19-29-23-18-17-21(30(2,27)28)20-22(23)24(25)26/h17-18,20H,3-16,19H2,1-2H3. The average molecular weight is 442 g/mol. The topological polar surface area (TPSA) is 86.5 Å². The Hall–Kier alpha value is -1.63. The molecule has 0 heterocycles. The van der Waals surface area contributed by atoms with Crippen LogP contribution in [0, 0.1) is 10.1 Å². The summed E-state index contributed by atoms with van der Waals surface area (Å²) < 4.78 is 28.7. The van der Waals surface area contributed by atoms with Crippen molar-refractivity contribution in [2.75, 3.05) is 12.9 Å². The fourth-order valence-corrected chi connectivity index (χ4v) is 4.11. The highest BCUT2D eigenvalue weighted by molar-refractivity contribution is 7.90. The Labute approximate surface area is 182 Å². The summed E-state index contributed by atoms with van der Waals surface area (Å²) in [6.07, 6.45) is 18.8. The van der Waals surface area contributed by atoms with Gasteiger partial charge in [0.05, 0.1) is 16.4 Å². The minimum absolute atomic E-state index is 0.0713. The van der Waals surface area contributed by atoms with E-state index in [2.05, 4.69) is 6.92 Å². The lowest BCUT2D eigenvalue weighted by Crippen LogP contribution is -2.03. The quantitative estimate of drug-likeness (QED) is 0.141. The minimum atomic E-state index is -3.49. The van der Waals surface area contributed by atoms with E-state index >= 15 is 0 Å². The molecule has 0 amide bonds. The lowest BCUT2D eigenvalue weighted by molar-refractivity contribution is -0.386. The van der Waals surface area contributed by atoms with Crippen LogP contribution in [0.5, 0.6) is 5.75 Å². The third kappa shape index (κ3) is 11.5. The third-order valence-electron chi connectivity index (χ3n) is 5.31. The van der Waals surface area contributed by atoms with Crippen molar-refractivity contribution in [3.05, 3.63) is 28.3 Å². The summed E-state index contributed by atoms with van der Waals surface area (Å²) in [5.74, 6) is 0.127. The van der Waals surface area contributed by atoms with Crippen LogP contribution < -0.4 is 4.74 Å². The minimum Gasteiger partial charge on any atom is -0.487 e. The van der Waals surface area contributed by atoms with E-state index in [0.717, 1.165) is 31.6 Å². The number of benzene rings is 1. The van der Waals surface area contributed by atoms with E-state index in [1.165, 1.54) is 82.8 Å². The molecule has 0 fully saturated rings.